The van der Waals surface area contributed by atoms with E-state index in [1.807, 2.05) is 18.4 Å². The van der Waals surface area contributed by atoms with Gasteiger partial charge < -0.3 is 10.6 Å². The fourth-order valence-corrected chi connectivity index (χ4v) is 4.46. The van der Waals surface area contributed by atoms with Gasteiger partial charge in [-0.1, -0.05) is 18.9 Å². The van der Waals surface area contributed by atoms with Gasteiger partial charge in [-0.25, -0.2) is 0 Å². The summed E-state index contributed by atoms with van der Waals surface area (Å²) in [5, 5.41) is 9.33. The van der Waals surface area contributed by atoms with Crippen molar-refractivity contribution in [2.75, 3.05) is 26.7 Å². The van der Waals surface area contributed by atoms with E-state index in [2.05, 4.69) is 38.0 Å². The fraction of sp³-hybridized carbons (Fsp3) is 0.706. The molecule has 1 aliphatic carbocycles. The van der Waals surface area contributed by atoms with E-state index in [0.717, 1.165) is 12.5 Å². The van der Waals surface area contributed by atoms with E-state index in [1.165, 1.54) is 56.5 Å². The Morgan fingerprint density at radius 3 is 2.73 bits per heavy atom. The van der Waals surface area contributed by atoms with Crippen LogP contribution in [0.3, 0.4) is 0 Å². The van der Waals surface area contributed by atoms with Crippen LogP contribution < -0.4 is 10.6 Å². The molecular weight excluding hydrogens is 292 g/mol. The van der Waals surface area contributed by atoms with Gasteiger partial charge >= 0.3 is 0 Å². The highest BCUT2D eigenvalue weighted by atomic mass is 32.1. The van der Waals surface area contributed by atoms with Gasteiger partial charge in [0.25, 0.3) is 0 Å². The van der Waals surface area contributed by atoms with Crippen LogP contribution in [0.2, 0.25) is 0 Å². The zero-order valence-electron chi connectivity index (χ0n) is 13.6. The van der Waals surface area contributed by atoms with Crippen LogP contribution in [-0.4, -0.2) is 43.6 Å². The van der Waals surface area contributed by atoms with Gasteiger partial charge in [0, 0.05) is 24.5 Å². The molecule has 1 saturated carbocycles. The highest BCUT2D eigenvalue weighted by Gasteiger charge is 2.24. The lowest BCUT2D eigenvalue weighted by Gasteiger charge is -2.28. The monoisotopic (exact) mass is 320 g/mol. The Morgan fingerprint density at radius 2 is 2.09 bits per heavy atom. The molecule has 0 radical (unpaired) electrons. The van der Waals surface area contributed by atoms with Gasteiger partial charge in [0.1, 0.15) is 0 Å². The number of rotatable bonds is 5. The van der Waals surface area contributed by atoms with Gasteiger partial charge in [-0.2, -0.15) is 0 Å². The highest BCUT2D eigenvalue weighted by Crippen LogP contribution is 2.27. The molecule has 2 heterocycles. The van der Waals surface area contributed by atoms with E-state index in [1.54, 1.807) is 0 Å². The maximum Gasteiger partial charge on any atom is 0.191 e. The fourth-order valence-electron chi connectivity index (χ4n) is 3.60. The minimum absolute atomic E-state index is 0.477. The molecule has 22 heavy (non-hydrogen) atoms. The molecule has 1 unspecified atom stereocenters. The van der Waals surface area contributed by atoms with Crippen molar-refractivity contribution in [2.45, 2.75) is 50.6 Å². The van der Waals surface area contributed by atoms with Crippen molar-refractivity contribution in [3.05, 3.63) is 22.4 Å². The topological polar surface area (TPSA) is 39.7 Å². The number of nitrogens with one attached hydrogen (secondary N) is 2. The van der Waals surface area contributed by atoms with Gasteiger partial charge in [0.15, 0.2) is 5.96 Å². The molecule has 1 atom stereocenters. The molecule has 122 valence electrons. The Balaban J connectivity index is 1.57. The van der Waals surface area contributed by atoms with Crippen molar-refractivity contribution in [3.63, 3.8) is 0 Å². The molecule has 3 rings (SSSR count). The number of hydrogen-bond acceptors (Lipinski definition) is 3. The maximum absolute atomic E-state index is 4.41. The first-order chi connectivity index (χ1) is 10.9. The minimum Gasteiger partial charge on any atom is -0.354 e. The number of thiophene rings is 1. The van der Waals surface area contributed by atoms with Gasteiger partial charge in [-0.15, -0.1) is 11.3 Å². The number of likely N-dealkylation sites (tertiary alicyclic amines) is 1. The largest absolute Gasteiger partial charge is 0.354 e. The second-order valence-electron chi connectivity index (χ2n) is 6.35. The summed E-state index contributed by atoms with van der Waals surface area (Å²) in [6, 6.07) is 5.51. The third-order valence-electron chi connectivity index (χ3n) is 4.84. The summed E-state index contributed by atoms with van der Waals surface area (Å²) in [5.74, 6) is 0.965. The van der Waals surface area contributed by atoms with E-state index < -0.39 is 0 Å². The normalized spacial score (nSPS) is 22.1. The lowest BCUT2D eigenvalue weighted by atomic mass is 10.2. The van der Waals surface area contributed by atoms with Crippen molar-refractivity contribution >= 4 is 17.3 Å². The van der Waals surface area contributed by atoms with Crippen molar-refractivity contribution in [2.24, 2.45) is 4.99 Å². The van der Waals surface area contributed by atoms with Gasteiger partial charge in [-0.05, 0) is 50.2 Å². The van der Waals surface area contributed by atoms with Crippen LogP contribution >= 0.6 is 11.3 Å². The van der Waals surface area contributed by atoms with E-state index >= 15 is 0 Å². The Bertz CT molecular complexity index is 459. The van der Waals surface area contributed by atoms with Crippen molar-refractivity contribution in [3.8, 4) is 0 Å². The number of nitrogens with zero attached hydrogens (tertiary/aromatic N) is 2. The van der Waals surface area contributed by atoms with E-state index in [4.69, 9.17) is 0 Å². The summed E-state index contributed by atoms with van der Waals surface area (Å²) in [4.78, 5) is 8.49. The van der Waals surface area contributed by atoms with E-state index in [-0.39, 0.29) is 0 Å². The molecule has 0 spiro atoms. The van der Waals surface area contributed by atoms with Crippen molar-refractivity contribution in [1.29, 1.82) is 0 Å². The molecule has 0 aromatic carbocycles. The third-order valence-corrected chi connectivity index (χ3v) is 5.81. The van der Waals surface area contributed by atoms with Crippen LogP contribution in [0.15, 0.2) is 22.5 Å². The molecule has 1 aliphatic heterocycles. The van der Waals surface area contributed by atoms with Gasteiger partial charge in [0.05, 0.1) is 6.04 Å². The molecule has 0 bridgehead atoms. The lowest BCUT2D eigenvalue weighted by molar-refractivity contribution is 0.249. The first-order valence-electron chi connectivity index (χ1n) is 8.61. The zero-order valence-corrected chi connectivity index (χ0v) is 14.4. The molecule has 1 saturated heterocycles. The third kappa shape index (κ3) is 4.02. The Kier molecular flexibility index (Phi) is 5.73. The summed E-state index contributed by atoms with van der Waals surface area (Å²) >= 11 is 1.87. The molecular formula is C17H28N4S. The second kappa shape index (κ2) is 7.97. The molecule has 1 aromatic heterocycles. The summed E-state index contributed by atoms with van der Waals surface area (Å²) in [5.41, 5.74) is 0. The van der Waals surface area contributed by atoms with Crippen LogP contribution in [0.1, 0.15) is 49.4 Å². The van der Waals surface area contributed by atoms with Crippen LogP contribution in [-0.2, 0) is 0 Å². The molecule has 0 amide bonds. The van der Waals surface area contributed by atoms with Crippen molar-refractivity contribution < 1.29 is 0 Å². The molecule has 1 aromatic rings. The average molecular weight is 321 g/mol. The Morgan fingerprint density at radius 1 is 1.32 bits per heavy atom. The van der Waals surface area contributed by atoms with Crippen molar-refractivity contribution in [1.82, 2.24) is 15.5 Å². The predicted octanol–water partition coefficient (Wildman–Crippen LogP) is 2.99. The number of aliphatic imine (C=N–C) groups is 1. The average Bonchev–Trinajstić information content (AvgIpc) is 3.29. The molecule has 4 nitrogen and oxygen atoms in total. The Hall–Kier alpha value is -1.07. The minimum atomic E-state index is 0.477. The molecule has 5 heteroatoms. The zero-order chi connectivity index (χ0) is 15.2. The van der Waals surface area contributed by atoms with E-state index in [9.17, 15) is 0 Å². The highest BCUT2D eigenvalue weighted by molar-refractivity contribution is 7.10. The molecule has 2 aliphatic rings. The smallest absolute Gasteiger partial charge is 0.191 e. The van der Waals surface area contributed by atoms with Gasteiger partial charge in [0.2, 0.25) is 0 Å². The standard InChI is InChI=1S/C17H28N4S/c1-18-17(20-14-7-2-3-8-14)19-13-15(16-9-6-12-22-16)21-10-4-5-11-21/h6,9,12,14-15H,2-5,7-8,10-11,13H2,1H3,(H2,18,19,20). The summed E-state index contributed by atoms with van der Waals surface area (Å²) in [7, 11) is 1.88. The van der Waals surface area contributed by atoms with E-state index in [0.29, 0.717) is 12.1 Å². The van der Waals surface area contributed by atoms with Crippen LogP contribution in [0.4, 0.5) is 0 Å². The van der Waals surface area contributed by atoms with Crippen LogP contribution in [0.5, 0.6) is 0 Å². The first-order valence-corrected chi connectivity index (χ1v) is 9.49. The quantitative estimate of drug-likeness (QED) is 0.647. The van der Waals surface area contributed by atoms with Crippen LogP contribution in [0, 0.1) is 0 Å². The molecule has 2 fully saturated rings. The SMILES string of the molecule is CN=C(NCC(c1cccs1)N1CCCC1)NC1CCCC1. The number of guanidine groups is 1. The van der Waals surface area contributed by atoms with Gasteiger partial charge in [-0.3, -0.25) is 9.89 Å². The second-order valence-corrected chi connectivity index (χ2v) is 7.33. The number of hydrogen-bond donors (Lipinski definition) is 2. The maximum atomic E-state index is 4.41. The summed E-state index contributed by atoms with van der Waals surface area (Å²) < 4.78 is 0. The predicted molar refractivity (Wildman–Crippen MR) is 94.6 cm³/mol. The summed E-state index contributed by atoms with van der Waals surface area (Å²) in [6.45, 7) is 3.38. The summed E-state index contributed by atoms with van der Waals surface area (Å²) in [6.07, 6.45) is 7.91. The first kappa shape index (κ1) is 15.8. The molecule has 2 N–H and O–H groups in total. The van der Waals surface area contributed by atoms with Crippen LogP contribution in [0.25, 0.3) is 0 Å². The lowest BCUT2D eigenvalue weighted by Crippen LogP contribution is -2.45. The Labute approximate surface area is 138 Å².